The number of aryl methyl sites for hydroxylation is 1. The molecule has 0 saturated carbocycles. The summed E-state index contributed by atoms with van der Waals surface area (Å²) >= 11 is 1.56. The third-order valence-electron chi connectivity index (χ3n) is 5.70. The van der Waals surface area contributed by atoms with Crippen LogP contribution in [0.5, 0.6) is 11.5 Å². The molecule has 0 radical (unpaired) electrons. The SMILES string of the molecule is COc1cc(NC(=O)C2CCC(=O)N(c3ccc(C)cc3)C2c2cccs2)cc(OC)c1. The zero-order valence-electron chi connectivity index (χ0n) is 18.3. The number of rotatable bonds is 6. The zero-order valence-corrected chi connectivity index (χ0v) is 19.1. The van der Waals surface area contributed by atoms with Crippen molar-refractivity contribution in [2.24, 2.45) is 5.92 Å². The molecule has 1 saturated heterocycles. The van der Waals surface area contributed by atoms with E-state index < -0.39 is 5.92 Å². The Balaban J connectivity index is 1.68. The second-order valence-corrected chi connectivity index (χ2v) is 8.77. The molecule has 2 heterocycles. The third kappa shape index (κ3) is 4.48. The second kappa shape index (κ2) is 9.44. The Kier molecular flexibility index (Phi) is 6.46. The lowest BCUT2D eigenvalue weighted by molar-refractivity contribution is -0.125. The van der Waals surface area contributed by atoms with Crippen molar-refractivity contribution in [2.75, 3.05) is 24.4 Å². The number of amides is 2. The highest BCUT2D eigenvalue weighted by molar-refractivity contribution is 7.10. The van der Waals surface area contributed by atoms with Crippen LogP contribution in [0.25, 0.3) is 0 Å². The lowest BCUT2D eigenvalue weighted by Gasteiger charge is -2.40. The molecular formula is C25H26N2O4S. The van der Waals surface area contributed by atoms with Crippen molar-refractivity contribution in [3.8, 4) is 11.5 Å². The summed E-state index contributed by atoms with van der Waals surface area (Å²) in [5.41, 5.74) is 2.52. The van der Waals surface area contributed by atoms with Gasteiger partial charge in [-0.1, -0.05) is 23.8 Å². The standard InChI is InChI=1S/C25H26N2O4S/c1-16-6-8-18(9-7-16)27-23(28)11-10-21(24(27)22-5-4-12-32-22)25(29)26-17-13-19(30-2)15-20(14-17)31-3/h4-9,12-15,21,24H,10-11H2,1-3H3,(H,26,29). The number of hydrogen-bond donors (Lipinski definition) is 1. The smallest absolute Gasteiger partial charge is 0.229 e. The fraction of sp³-hybridized carbons (Fsp3) is 0.280. The Morgan fingerprint density at radius 2 is 1.75 bits per heavy atom. The molecule has 2 aromatic carbocycles. The van der Waals surface area contributed by atoms with Gasteiger partial charge in [0.05, 0.1) is 26.2 Å². The van der Waals surface area contributed by atoms with E-state index in [0.717, 1.165) is 16.1 Å². The first-order valence-electron chi connectivity index (χ1n) is 10.5. The molecule has 6 nitrogen and oxygen atoms in total. The fourth-order valence-corrected chi connectivity index (χ4v) is 4.96. The summed E-state index contributed by atoms with van der Waals surface area (Å²) in [5.74, 6) is 0.677. The summed E-state index contributed by atoms with van der Waals surface area (Å²) in [4.78, 5) is 29.3. The highest BCUT2D eigenvalue weighted by Crippen LogP contribution is 2.42. The molecular weight excluding hydrogens is 424 g/mol. The van der Waals surface area contributed by atoms with Crippen molar-refractivity contribution in [3.05, 3.63) is 70.4 Å². The Morgan fingerprint density at radius 1 is 1.06 bits per heavy atom. The summed E-state index contributed by atoms with van der Waals surface area (Å²) < 4.78 is 10.6. The Bertz CT molecular complexity index is 1070. The number of thiophene rings is 1. The Morgan fingerprint density at radius 3 is 2.34 bits per heavy atom. The van der Waals surface area contributed by atoms with Gasteiger partial charge < -0.3 is 19.7 Å². The Hall–Kier alpha value is -3.32. The summed E-state index contributed by atoms with van der Waals surface area (Å²) in [6, 6.07) is 16.7. The number of carbonyl (C=O) groups is 2. The van der Waals surface area contributed by atoms with Crippen LogP contribution >= 0.6 is 11.3 Å². The molecule has 1 aliphatic rings. The van der Waals surface area contributed by atoms with Gasteiger partial charge in [0.2, 0.25) is 11.8 Å². The number of anilines is 2. The highest BCUT2D eigenvalue weighted by atomic mass is 32.1. The largest absolute Gasteiger partial charge is 0.497 e. The van der Waals surface area contributed by atoms with E-state index >= 15 is 0 Å². The van der Waals surface area contributed by atoms with Crippen molar-refractivity contribution in [1.82, 2.24) is 0 Å². The first-order valence-corrected chi connectivity index (χ1v) is 11.3. The average molecular weight is 451 g/mol. The third-order valence-corrected chi connectivity index (χ3v) is 6.64. The van der Waals surface area contributed by atoms with Gasteiger partial charge in [0.15, 0.2) is 0 Å². The van der Waals surface area contributed by atoms with Crippen molar-refractivity contribution in [3.63, 3.8) is 0 Å². The molecule has 7 heteroatoms. The molecule has 0 spiro atoms. The maximum atomic E-state index is 13.5. The van der Waals surface area contributed by atoms with Gasteiger partial charge in [-0.05, 0) is 36.9 Å². The molecule has 1 aliphatic heterocycles. The first-order chi connectivity index (χ1) is 15.5. The van der Waals surface area contributed by atoms with E-state index in [0.29, 0.717) is 30.0 Å². The monoisotopic (exact) mass is 450 g/mol. The normalized spacial score (nSPS) is 18.3. The molecule has 1 aromatic heterocycles. The Labute approximate surface area is 191 Å². The van der Waals surface area contributed by atoms with Crippen LogP contribution < -0.4 is 19.7 Å². The van der Waals surface area contributed by atoms with E-state index in [9.17, 15) is 9.59 Å². The summed E-state index contributed by atoms with van der Waals surface area (Å²) in [7, 11) is 3.14. The number of piperidine rings is 1. The van der Waals surface area contributed by atoms with E-state index in [1.807, 2.05) is 48.7 Å². The second-order valence-electron chi connectivity index (χ2n) is 7.80. The van der Waals surface area contributed by atoms with Crippen LogP contribution in [0.1, 0.15) is 29.3 Å². The molecule has 0 aliphatic carbocycles. The molecule has 4 rings (SSSR count). The van der Waals surface area contributed by atoms with Crippen molar-refractivity contribution < 1.29 is 19.1 Å². The van der Waals surface area contributed by atoms with Gasteiger partial charge in [-0.2, -0.15) is 0 Å². The quantitative estimate of drug-likeness (QED) is 0.561. The van der Waals surface area contributed by atoms with E-state index in [2.05, 4.69) is 5.32 Å². The minimum Gasteiger partial charge on any atom is -0.497 e. The number of benzene rings is 2. The molecule has 2 unspecified atom stereocenters. The van der Waals surface area contributed by atoms with Crippen LogP contribution in [0.2, 0.25) is 0 Å². The maximum absolute atomic E-state index is 13.5. The number of carbonyl (C=O) groups excluding carboxylic acids is 2. The minimum absolute atomic E-state index is 0.0272. The zero-order chi connectivity index (χ0) is 22.7. The minimum atomic E-state index is -0.398. The van der Waals surface area contributed by atoms with Crippen LogP contribution in [0.3, 0.4) is 0 Å². The van der Waals surface area contributed by atoms with Gasteiger partial charge in [0, 0.05) is 40.9 Å². The molecule has 2 amide bonds. The molecule has 2 atom stereocenters. The van der Waals surface area contributed by atoms with Crippen LogP contribution in [0.15, 0.2) is 60.0 Å². The van der Waals surface area contributed by atoms with Gasteiger partial charge in [-0.25, -0.2) is 0 Å². The number of methoxy groups -OCH3 is 2. The van der Waals surface area contributed by atoms with E-state index in [1.165, 1.54) is 0 Å². The topological polar surface area (TPSA) is 67.9 Å². The predicted molar refractivity (Wildman–Crippen MR) is 127 cm³/mol. The summed E-state index contributed by atoms with van der Waals surface area (Å²) in [6.45, 7) is 2.01. The van der Waals surface area contributed by atoms with Crippen molar-refractivity contribution in [2.45, 2.75) is 25.8 Å². The number of ether oxygens (including phenoxy) is 2. The van der Waals surface area contributed by atoms with E-state index in [-0.39, 0.29) is 17.9 Å². The molecule has 0 bridgehead atoms. The molecule has 1 fully saturated rings. The number of nitrogens with one attached hydrogen (secondary N) is 1. The fourth-order valence-electron chi connectivity index (χ4n) is 4.08. The lowest BCUT2D eigenvalue weighted by atomic mass is 9.86. The average Bonchev–Trinajstić information content (AvgIpc) is 3.34. The molecule has 1 N–H and O–H groups in total. The van der Waals surface area contributed by atoms with Gasteiger partial charge in [0.1, 0.15) is 11.5 Å². The molecule has 3 aromatic rings. The summed E-state index contributed by atoms with van der Waals surface area (Å²) in [5, 5.41) is 4.99. The van der Waals surface area contributed by atoms with Gasteiger partial charge in [-0.3, -0.25) is 9.59 Å². The van der Waals surface area contributed by atoms with Crippen LogP contribution in [-0.4, -0.2) is 26.0 Å². The maximum Gasteiger partial charge on any atom is 0.229 e. The molecule has 32 heavy (non-hydrogen) atoms. The van der Waals surface area contributed by atoms with Crippen LogP contribution in [0, 0.1) is 12.8 Å². The first kappa shape index (κ1) is 21.9. The number of nitrogens with zero attached hydrogens (tertiary/aromatic N) is 1. The van der Waals surface area contributed by atoms with Gasteiger partial charge in [0.25, 0.3) is 0 Å². The van der Waals surface area contributed by atoms with Crippen LogP contribution in [0.4, 0.5) is 11.4 Å². The van der Waals surface area contributed by atoms with Gasteiger partial charge in [-0.15, -0.1) is 11.3 Å². The van der Waals surface area contributed by atoms with Gasteiger partial charge >= 0.3 is 0 Å². The number of hydrogen-bond acceptors (Lipinski definition) is 5. The van der Waals surface area contributed by atoms with Crippen LogP contribution in [-0.2, 0) is 9.59 Å². The van der Waals surface area contributed by atoms with E-state index in [1.54, 1.807) is 48.7 Å². The van der Waals surface area contributed by atoms with E-state index in [4.69, 9.17) is 9.47 Å². The van der Waals surface area contributed by atoms with Crippen molar-refractivity contribution >= 4 is 34.5 Å². The van der Waals surface area contributed by atoms with Crippen molar-refractivity contribution in [1.29, 1.82) is 0 Å². The predicted octanol–water partition coefficient (Wildman–Crippen LogP) is 5.20. The lowest BCUT2D eigenvalue weighted by Crippen LogP contribution is -2.46. The molecule has 166 valence electrons. The summed E-state index contributed by atoms with van der Waals surface area (Å²) in [6.07, 6.45) is 0.798. The highest BCUT2D eigenvalue weighted by Gasteiger charge is 2.42.